The summed E-state index contributed by atoms with van der Waals surface area (Å²) in [4.78, 5) is 15.0. The minimum Gasteiger partial charge on any atom is -0.383 e. The van der Waals surface area contributed by atoms with Gasteiger partial charge in [-0.2, -0.15) is 0 Å². The van der Waals surface area contributed by atoms with Crippen LogP contribution in [0.3, 0.4) is 0 Å². The van der Waals surface area contributed by atoms with E-state index < -0.39 is 4.92 Å². The minimum atomic E-state index is -0.422. The van der Waals surface area contributed by atoms with Gasteiger partial charge in [-0.1, -0.05) is 20.3 Å². The number of hydrogen-bond donors (Lipinski definition) is 2. The molecule has 118 valence electrons. The zero-order chi connectivity index (χ0) is 15.7. The van der Waals surface area contributed by atoms with Crippen molar-refractivity contribution >= 4 is 17.3 Å². The van der Waals surface area contributed by atoms with Gasteiger partial charge < -0.3 is 15.4 Å². The first-order valence-electron chi connectivity index (χ1n) is 7.27. The van der Waals surface area contributed by atoms with Crippen molar-refractivity contribution in [1.82, 2.24) is 4.98 Å². The van der Waals surface area contributed by atoms with Gasteiger partial charge in [0.05, 0.1) is 17.6 Å². The van der Waals surface area contributed by atoms with Crippen LogP contribution in [0.25, 0.3) is 0 Å². The van der Waals surface area contributed by atoms with Crippen LogP contribution in [-0.4, -0.2) is 36.2 Å². The predicted octanol–water partition coefficient (Wildman–Crippen LogP) is 3.04. The van der Waals surface area contributed by atoms with Gasteiger partial charge in [0, 0.05) is 19.7 Å². The second kappa shape index (κ2) is 9.12. The summed E-state index contributed by atoms with van der Waals surface area (Å²) >= 11 is 0. The smallest absolute Gasteiger partial charge is 0.311 e. The number of pyridine rings is 1. The van der Waals surface area contributed by atoms with Crippen LogP contribution in [0, 0.1) is 10.1 Å². The summed E-state index contributed by atoms with van der Waals surface area (Å²) in [5, 5.41) is 17.4. The second-order valence-corrected chi connectivity index (χ2v) is 4.83. The van der Waals surface area contributed by atoms with E-state index in [1.54, 1.807) is 13.2 Å². The number of nitrogens with one attached hydrogen (secondary N) is 2. The Balaban J connectivity index is 2.95. The first kappa shape index (κ1) is 17.2. The summed E-state index contributed by atoms with van der Waals surface area (Å²) in [6, 6.07) is 3.11. The van der Waals surface area contributed by atoms with Crippen LogP contribution in [0.15, 0.2) is 12.1 Å². The maximum atomic E-state index is 11.1. The van der Waals surface area contributed by atoms with E-state index in [-0.39, 0.29) is 17.5 Å². The van der Waals surface area contributed by atoms with E-state index in [0.29, 0.717) is 12.4 Å². The molecule has 0 amide bonds. The van der Waals surface area contributed by atoms with E-state index in [9.17, 15) is 10.1 Å². The normalized spacial score (nSPS) is 12.0. The number of hydrogen-bond acceptors (Lipinski definition) is 6. The summed E-state index contributed by atoms with van der Waals surface area (Å²) in [7, 11) is 1.62. The molecule has 21 heavy (non-hydrogen) atoms. The molecule has 1 heterocycles. The van der Waals surface area contributed by atoms with Crippen LogP contribution in [0.1, 0.15) is 33.1 Å². The van der Waals surface area contributed by atoms with Crippen molar-refractivity contribution in [1.29, 1.82) is 0 Å². The maximum Gasteiger partial charge on any atom is 0.311 e. The molecule has 1 unspecified atom stereocenters. The van der Waals surface area contributed by atoms with Crippen molar-refractivity contribution < 1.29 is 9.66 Å². The van der Waals surface area contributed by atoms with Crippen LogP contribution >= 0.6 is 0 Å². The lowest BCUT2D eigenvalue weighted by molar-refractivity contribution is -0.384. The molecule has 1 atom stereocenters. The lowest BCUT2D eigenvalue weighted by Crippen LogP contribution is -2.26. The van der Waals surface area contributed by atoms with Gasteiger partial charge >= 0.3 is 5.69 Å². The summed E-state index contributed by atoms with van der Waals surface area (Å²) in [5.41, 5.74) is -0.0192. The molecule has 2 N–H and O–H groups in total. The number of nitrogens with zero attached hydrogens (tertiary/aromatic N) is 2. The molecule has 0 aliphatic carbocycles. The van der Waals surface area contributed by atoms with E-state index >= 15 is 0 Å². The van der Waals surface area contributed by atoms with Gasteiger partial charge in [-0.25, -0.2) is 4.98 Å². The largest absolute Gasteiger partial charge is 0.383 e. The lowest BCUT2D eigenvalue weighted by atomic mass is 10.2. The molecule has 7 heteroatoms. The molecule has 1 aromatic rings. The third-order valence-electron chi connectivity index (χ3n) is 2.97. The fraction of sp³-hybridized carbons (Fsp3) is 0.643. The molecular formula is C14H24N4O3. The Morgan fingerprint density at radius 3 is 2.71 bits per heavy atom. The Morgan fingerprint density at radius 2 is 2.14 bits per heavy atom. The molecule has 0 aromatic carbocycles. The molecule has 7 nitrogen and oxygen atoms in total. The summed E-state index contributed by atoms with van der Waals surface area (Å²) in [6.07, 6.45) is 2.78. The summed E-state index contributed by atoms with van der Waals surface area (Å²) in [6.45, 7) is 5.37. The highest BCUT2D eigenvalue weighted by Gasteiger charge is 2.19. The molecule has 1 rings (SSSR count). The Bertz CT molecular complexity index is 448. The van der Waals surface area contributed by atoms with Crippen LogP contribution in [0.5, 0.6) is 0 Å². The highest BCUT2D eigenvalue weighted by Crippen LogP contribution is 2.25. The molecule has 0 bridgehead atoms. The highest BCUT2D eigenvalue weighted by molar-refractivity contribution is 5.60. The van der Waals surface area contributed by atoms with Gasteiger partial charge in [0.2, 0.25) is 5.82 Å². The fourth-order valence-corrected chi connectivity index (χ4v) is 2.00. The average Bonchev–Trinajstić information content (AvgIpc) is 2.45. The third kappa shape index (κ3) is 5.55. The summed E-state index contributed by atoms with van der Waals surface area (Å²) < 4.78 is 5.15. The average molecular weight is 296 g/mol. The van der Waals surface area contributed by atoms with E-state index in [2.05, 4.69) is 22.5 Å². The van der Waals surface area contributed by atoms with Crippen LogP contribution in [-0.2, 0) is 4.74 Å². The molecule has 0 saturated carbocycles. The van der Waals surface area contributed by atoms with Crippen molar-refractivity contribution in [2.24, 2.45) is 0 Å². The van der Waals surface area contributed by atoms with Gasteiger partial charge in [-0.05, 0) is 18.9 Å². The van der Waals surface area contributed by atoms with E-state index in [1.165, 1.54) is 6.07 Å². The standard InChI is InChI=1S/C14H24N4O3/c1-4-6-11(10-21-3)16-14-12(18(19)20)7-8-13(17-14)15-9-5-2/h7-8,11H,4-6,9-10H2,1-3H3,(H2,15,16,17). The zero-order valence-corrected chi connectivity index (χ0v) is 12.9. The summed E-state index contributed by atoms with van der Waals surface area (Å²) in [5.74, 6) is 0.925. The number of nitro groups is 1. The molecular weight excluding hydrogens is 272 g/mol. The first-order chi connectivity index (χ1) is 10.1. The van der Waals surface area contributed by atoms with Gasteiger partial charge in [0.1, 0.15) is 5.82 Å². The highest BCUT2D eigenvalue weighted by atomic mass is 16.6. The number of rotatable bonds is 10. The molecule has 0 radical (unpaired) electrons. The van der Waals surface area contributed by atoms with Crippen LogP contribution in [0.4, 0.5) is 17.3 Å². The lowest BCUT2D eigenvalue weighted by Gasteiger charge is -2.18. The van der Waals surface area contributed by atoms with Gasteiger partial charge in [0.25, 0.3) is 0 Å². The number of anilines is 2. The number of ether oxygens (including phenoxy) is 1. The second-order valence-electron chi connectivity index (χ2n) is 4.83. The predicted molar refractivity (Wildman–Crippen MR) is 83.9 cm³/mol. The van der Waals surface area contributed by atoms with Crippen molar-refractivity contribution in [2.75, 3.05) is 30.9 Å². The molecule has 0 aliphatic heterocycles. The Kier molecular flexibility index (Phi) is 7.45. The van der Waals surface area contributed by atoms with Crippen molar-refractivity contribution in [3.05, 3.63) is 22.2 Å². The maximum absolute atomic E-state index is 11.1. The van der Waals surface area contributed by atoms with Gasteiger partial charge in [-0.15, -0.1) is 0 Å². The van der Waals surface area contributed by atoms with Gasteiger partial charge in [0.15, 0.2) is 0 Å². The number of methoxy groups -OCH3 is 1. The topological polar surface area (TPSA) is 89.3 Å². The Hall–Kier alpha value is -1.89. The Morgan fingerprint density at radius 1 is 1.38 bits per heavy atom. The molecule has 1 aromatic heterocycles. The molecule has 0 saturated heterocycles. The molecule has 0 aliphatic rings. The Labute approximate surface area is 125 Å². The monoisotopic (exact) mass is 296 g/mol. The number of aromatic nitrogens is 1. The molecule has 0 spiro atoms. The van der Waals surface area contributed by atoms with Crippen molar-refractivity contribution in [3.63, 3.8) is 0 Å². The fourth-order valence-electron chi connectivity index (χ4n) is 2.00. The third-order valence-corrected chi connectivity index (χ3v) is 2.97. The quantitative estimate of drug-likeness (QED) is 0.509. The van der Waals surface area contributed by atoms with Crippen LogP contribution < -0.4 is 10.6 Å². The van der Waals surface area contributed by atoms with Crippen molar-refractivity contribution in [3.8, 4) is 0 Å². The van der Waals surface area contributed by atoms with Gasteiger partial charge in [-0.3, -0.25) is 10.1 Å². The molecule has 0 fully saturated rings. The van der Waals surface area contributed by atoms with E-state index in [0.717, 1.165) is 25.8 Å². The first-order valence-corrected chi connectivity index (χ1v) is 7.27. The van der Waals surface area contributed by atoms with Crippen LogP contribution in [0.2, 0.25) is 0 Å². The van der Waals surface area contributed by atoms with E-state index in [4.69, 9.17) is 4.74 Å². The SMILES string of the molecule is CCCNc1ccc([N+](=O)[O-])c(NC(CCC)COC)n1. The van der Waals surface area contributed by atoms with E-state index in [1.807, 2.05) is 6.92 Å². The zero-order valence-electron chi connectivity index (χ0n) is 12.9. The van der Waals surface area contributed by atoms with Crippen molar-refractivity contribution in [2.45, 2.75) is 39.2 Å². The minimum absolute atomic E-state index is 0.00706.